The van der Waals surface area contributed by atoms with E-state index in [4.69, 9.17) is 9.47 Å². The van der Waals surface area contributed by atoms with E-state index in [-0.39, 0.29) is 24.0 Å². The van der Waals surface area contributed by atoms with Crippen LogP contribution in [0.3, 0.4) is 0 Å². The van der Waals surface area contributed by atoms with E-state index in [1.807, 2.05) is 12.1 Å². The Balaban J connectivity index is 1.44. The summed E-state index contributed by atoms with van der Waals surface area (Å²) in [7, 11) is 1.57. The second kappa shape index (κ2) is 13.4. The van der Waals surface area contributed by atoms with Crippen LogP contribution in [0.1, 0.15) is 63.9 Å². The molecule has 1 unspecified atom stereocenters. The van der Waals surface area contributed by atoms with Gasteiger partial charge in [0, 0.05) is 12.3 Å². The van der Waals surface area contributed by atoms with Crippen LogP contribution in [0.5, 0.6) is 5.75 Å². The first-order valence-electron chi connectivity index (χ1n) is 14.1. The molecular weight excluding hydrogens is 502 g/mol. The monoisotopic (exact) mass is 543 g/mol. The van der Waals surface area contributed by atoms with Gasteiger partial charge in [-0.15, -0.1) is 0 Å². The average Bonchev–Trinajstić information content (AvgIpc) is 3.47. The molecule has 0 bridgehead atoms. The molecular formula is C29H41N3O7. The number of Topliss-reactive ketones (excluding diaryl/α,β-unsaturated/α-hetero) is 1. The van der Waals surface area contributed by atoms with Gasteiger partial charge < -0.3 is 30.5 Å². The number of epoxide rings is 1. The van der Waals surface area contributed by atoms with Crippen LogP contribution >= 0.6 is 0 Å². The highest BCUT2D eigenvalue weighted by Gasteiger charge is 2.39. The standard InChI is InChI=1S/C29H41N3O7/c1-17(30-28(36)20-9-10-21(33)15-20)27(35)32-24(14-19-7-11-22(38-2)12-8-19)29(37)31-23(26(34)25-16-39-25)13-18-5-3-4-6-18/h7-8,11-12,17-18,20-21,23-25,33H,3-6,9-10,13-16H2,1-2H3,(H,30,36)(H,31,37)(H,32,35)/t17-,20-,21+,23?,24+,25-/m1/s1. The number of hydrogen-bond donors (Lipinski definition) is 4. The molecule has 1 aromatic rings. The van der Waals surface area contributed by atoms with E-state index < -0.39 is 42.1 Å². The van der Waals surface area contributed by atoms with Crippen LogP contribution in [0.25, 0.3) is 0 Å². The van der Waals surface area contributed by atoms with Gasteiger partial charge in [-0.25, -0.2) is 0 Å². The summed E-state index contributed by atoms with van der Waals surface area (Å²) < 4.78 is 10.4. The fraction of sp³-hybridized carbons (Fsp3) is 0.655. The first kappa shape index (κ1) is 29.0. The van der Waals surface area contributed by atoms with Crippen molar-refractivity contribution < 1.29 is 33.8 Å². The van der Waals surface area contributed by atoms with Crippen LogP contribution < -0.4 is 20.7 Å². The number of aliphatic hydroxyl groups excluding tert-OH is 1. The average molecular weight is 544 g/mol. The van der Waals surface area contributed by atoms with Crippen molar-refractivity contribution in [2.75, 3.05) is 13.7 Å². The van der Waals surface area contributed by atoms with Gasteiger partial charge >= 0.3 is 0 Å². The van der Waals surface area contributed by atoms with E-state index in [2.05, 4.69) is 16.0 Å². The number of carbonyl (C=O) groups is 4. The zero-order valence-corrected chi connectivity index (χ0v) is 22.8. The molecule has 0 spiro atoms. The first-order valence-corrected chi connectivity index (χ1v) is 14.1. The number of carbonyl (C=O) groups excluding carboxylic acids is 4. The number of ether oxygens (including phenoxy) is 2. The second-order valence-electron chi connectivity index (χ2n) is 11.2. The van der Waals surface area contributed by atoms with Crippen LogP contribution in [0, 0.1) is 11.8 Å². The highest BCUT2D eigenvalue weighted by atomic mass is 16.6. The van der Waals surface area contributed by atoms with Crippen LogP contribution in [0.15, 0.2) is 24.3 Å². The molecule has 2 aliphatic carbocycles. The maximum Gasteiger partial charge on any atom is 0.243 e. The Morgan fingerprint density at radius 2 is 1.64 bits per heavy atom. The Labute approximate surface area is 229 Å². The fourth-order valence-electron chi connectivity index (χ4n) is 5.63. The Hall–Kier alpha value is -2.98. The van der Waals surface area contributed by atoms with Gasteiger partial charge in [0.25, 0.3) is 0 Å². The molecule has 3 amide bonds. The highest BCUT2D eigenvalue weighted by molar-refractivity contribution is 5.96. The van der Waals surface area contributed by atoms with Crippen LogP contribution in [-0.4, -0.2) is 72.7 Å². The summed E-state index contributed by atoms with van der Waals surface area (Å²) >= 11 is 0. The SMILES string of the molecule is COc1ccc(C[C@H](NC(=O)[C@@H](C)NC(=O)[C@@H]2CC[C@H](O)C2)C(=O)NC(CC2CCCC2)C(=O)[C@H]2CO2)cc1. The van der Waals surface area contributed by atoms with Crippen molar-refractivity contribution in [3.63, 3.8) is 0 Å². The molecule has 4 rings (SSSR count). The molecule has 6 atom stereocenters. The molecule has 2 saturated carbocycles. The fourth-order valence-corrected chi connectivity index (χ4v) is 5.63. The lowest BCUT2D eigenvalue weighted by molar-refractivity contribution is -0.134. The number of amides is 3. The van der Waals surface area contributed by atoms with E-state index >= 15 is 0 Å². The lowest BCUT2D eigenvalue weighted by Gasteiger charge is -2.26. The third-order valence-electron chi connectivity index (χ3n) is 8.11. The second-order valence-corrected chi connectivity index (χ2v) is 11.2. The highest BCUT2D eigenvalue weighted by Crippen LogP contribution is 2.30. The molecule has 1 aromatic carbocycles. The number of ketones is 1. The number of nitrogens with one attached hydrogen (secondary N) is 3. The molecule has 1 aliphatic heterocycles. The summed E-state index contributed by atoms with van der Waals surface area (Å²) in [6, 6.07) is 4.69. The van der Waals surface area contributed by atoms with E-state index in [9.17, 15) is 24.3 Å². The number of aliphatic hydroxyl groups is 1. The molecule has 1 saturated heterocycles. The number of hydrogen-bond acceptors (Lipinski definition) is 7. The number of rotatable bonds is 13. The minimum atomic E-state index is -0.961. The molecule has 10 nitrogen and oxygen atoms in total. The lowest BCUT2D eigenvalue weighted by Crippen LogP contribution is -2.56. The Morgan fingerprint density at radius 1 is 0.974 bits per heavy atom. The predicted octanol–water partition coefficient (Wildman–Crippen LogP) is 1.42. The molecule has 3 aliphatic rings. The van der Waals surface area contributed by atoms with Gasteiger partial charge in [0.15, 0.2) is 5.78 Å². The summed E-state index contributed by atoms with van der Waals surface area (Å²) in [5.74, 6) is -0.643. The van der Waals surface area contributed by atoms with Gasteiger partial charge in [-0.05, 0) is 56.2 Å². The number of methoxy groups -OCH3 is 1. The predicted molar refractivity (Wildman–Crippen MR) is 143 cm³/mol. The Morgan fingerprint density at radius 3 is 2.23 bits per heavy atom. The maximum atomic E-state index is 13.6. The maximum absolute atomic E-state index is 13.6. The lowest BCUT2D eigenvalue weighted by atomic mass is 9.94. The third kappa shape index (κ3) is 8.25. The summed E-state index contributed by atoms with van der Waals surface area (Å²) in [5.41, 5.74) is 0.803. The summed E-state index contributed by atoms with van der Waals surface area (Å²) in [5, 5.41) is 18.2. The smallest absolute Gasteiger partial charge is 0.243 e. The minimum Gasteiger partial charge on any atom is -0.497 e. The van der Waals surface area contributed by atoms with Crippen LogP contribution in [0.2, 0.25) is 0 Å². The van der Waals surface area contributed by atoms with Gasteiger partial charge in [-0.1, -0.05) is 37.8 Å². The third-order valence-corrected chi connectivity index (χ3v) is 8.11. The van der Waals surface area contributed by atoms with E-state index in [0.29, 0.717) is 44.0 Å². The topological polar surface area (TPSA) is 146 Å². The van der Waals surface area contributed by atoms with Crippen molar-refractivity contribution in [2.24, 2.45) is 11.8 Å². The zero-order valence-electron chi connectivity index (χ0n) is 22.8. The van der Waals surface area contributed by atoms with Gasteiger partial charge in [-0.3, -0.25) is 19.2 Å². The van der Waals surface area contributed by atoms with Gasteiger partial charge in [0.2, 0.25) is 17.7 Å². The minimum absolute atomic E-state index is 0.121. The molecule has 3 fully saturated rings. The molecule has 214 valence electrons. The van der Waals surface area contributed by atoms with Crippen molar-refractivity contribution in [1.29, 1.82) is 0 Å². The van der Waals surface area contributed by atoms with E-state index in [1.165, 1.54) is 0 Å². The number of benzene rings is 1. The molecule has 0 radical (unpaired) electrons. The van der Waals surface area contributed by atoms with Crippen molar-refractivity contribution >= 4 is 23.5 Å². The Kier molecular flexibility index (Phi) is 9.96. The van der Waals surface area contributed by atoms with Crippen molar-refractivity contribution in [3.8, 4) is 5.75 Å². The van der Waals surface area contributed by atoms with Crippen molar-refractivity contribution in [3.05, 3.63) is 29.8 Å². The Bertz CT molecular complexity index is 1020. The zero-order chi connectivity index (χ0) is 27.9. The summed E-state index contributed by atoms with van der Waals surface area (Å²) in [6.07, 6.45) is 5.62. The quantitative estimate of drug-likeness (QED) is 0.275. The largest absolute Gasteiger partial charge is 0.497 e. The van der Waals surface area contributed by atoms with Crippen molar-refractivity contribution in [1.82, 2.24) is 16.0 Å². The molecule has 39 heavy (non-hydrogen) atoms. The van der Waals surface area contributed by atoms with Crippen LogP contribution in [0.4, 0.5) is 0 Å². The van der Waals surface area contributed by atoms with Gasteiger partial charge in [-0.2, -0.15) is 0 Å². The molecule has 0 aromatic heterocycles. The van der Waals surface area contributed by atoms with Gasteiger partial charge in [0.1, 0.15) is 23.9 Å². The molecule has 1 heterocycles. The van der Waals surface area contributed by atoms with Crippen LogP contribution in [-0.2, 0) is 30.3 Å². The van der Waals surface area contributed by atoms with Gasteiger partial charge in [0.05, 0.1) is 25.9 Å². The van der Waals surface area contributed by atoms with Crippen molar-refractivity contribution in [2.45, 2.75) is 95.0 Å². The molecule has 4 N–H and O–H groups in total. The van der Waals surface area contributed by atoms with E-state index in [0.717, 1.165) is 31.2 Å². The summed E-state index contributed by atoms with van der Waals surface area (Å²) in [4.78, 5) is 52.3. The summed E-state index contributed by atoms with van der Waals surface area (Å²) in [6.45, 7) is 1.94. The molecule has 10 heteroatoms. The van der Waals surface area contributed by atoms with E-state index in [1.54, 1.807) is 26.2 Å². The normalized spacial score (nSPS) is 24.8. The first-order chi connectivity index (χ1) is 18.7.